The molecule has 0 radical (unpaired) electrons. The topological polar surface area (TPSA) is 73.5 Å². The molecular formula is C13H20N2O4. The highest BCUT2D eigenvalue weighted by atomic mass is 16.5. The largest absolute Gasteiger partial charge is 0.391 e. The highest BCUT2D eigenvalue weighted by molar-refractivity contribution is 4.92. The molecule has 1 aliphatic heterocycles. The van der Waals surface area contributed by atoms with Gasteiger partial charge in [0.2, 0.25) is 0 Å². The molecule has 2 rings (SSSR count). The highest BCUT2D eigenvalue weighted by Crippen LogP contribution is 2.39. The number of aliphatic hydroxyl groups excluding tert-OH is 1. The third kappa shape index (κ3) is 2.26. The van der Waals surface area contributed by atoms with Crippen LogP contribution in [0.25, 0.3) is 0 Å². The first-order valence-corrected chi connectivity index (χ1v) is 6.46. The molecule has 1 N–H and O–H groups in total. The first-order chi connectivity index (χ1) is 8.84. The summed E-state index contributed by atoms with van der Waals surface area (Å²) in [6.07, 6.45) is 0.118. The summed E-state index contributed by atoms with van der Waals surface area (Å²) in [6.45, 7) is 5.66. The number of aromatic nitrogens is 2. The van der Waals surface area contributed by atoms with Crippen molar-refractivity contribution < 1.29 is 9.84 Å². The highest BCUT2D eigenvalue weighted by Gasteiger charge is 2.42. The van der Waals surface area contributed by atoms with Gasteiger partial charge in [0, 0.05) is 25.2 Å². The molecule has 0 saturated carbocycles. The monoisotopic (exact) mass is 268 g/mol. The molecule has 1 aromatic rings. The molecule has 19 heavy (non-hydrogen) atoms. The summed E-state index contributed by atoms with van der Waals surface area (Å²) >= 11 is 0. The smallest absolute Gasteiger partial charge is 0.332 e. The molecule has 0 amide bonds. The van der Waals surface area contributed by atoms with E-state index in [2.05, 4.69) is 0 Å². The lowest BCUT2D eigenvalue weighted by atomic mass is 9.90. The maximum Gasteiger partial charge on any atom is 0.332 e. The van der Waals surface area contributed by atoms with Gasteiger partial charge in [-0.3, -0.25) is 13.9 Å². The van der Waals surface area contributed by atoms with Crippen molar-refractivity contribution >= 4 is 0 Å². The van der Waals surface area contributed by atoms with Gasteiger partial charge in [0.25, 0.3) is 5.56 Å². The molecular weight excluding hydrogens is 248 g/mol. The molecule has 0 aromatic carbocycles. The van der Waals surface area contributed by atoms with Crippen molar-refractivity contribution in [2.24, 2.45) is 18.9 Å². The molecule has 0 spiro atoms. The standard InChI is InChI=1S/C13H20N2O4/c1-7-8(2)12(19-11(7)9(3)16)15-6-5-10(17)14(4)13(15)18/h5-9,11-12,16H,1-4H3/t7-,8?,9+,11+,12-/m1/s1. The number of nitrogens with zero attached hydrogens (tertiary/aromatic N) is 2. The van der Waals surface area contributed by atoms with Gasteiger partial charge in [-0.15, -0.1) is 0 Å². The molecule has 0 aliphatic carbocycles. The van der Waals surface area contributed by atoms with Crippen LogP contribution in [0.1, 0.15) is 27.0 Å². The minimum absolute atomic E-state index is 0.0785. The van der Waals surface area contributed by atoms with Crippen LogP contribution >= 0.6 is 0 Å². The SMILES string of the molecule is CC1[C@@H](C)[C@@H]([C@H](C)O)O[C@H]1n1ccc(=O)n(C)c1=O. The Morgan fingerprint density at radius 2 is 1.95 bits per heavy atom. The van der Waals surface area contributed by atoms with E-state index in [1.807, 2.05) is 13.8 Å². The van der Waals surface area contributed by atoms with Gasteiger partial charge in [0.15, 0.2) is 0 Å². The van der Waals surface area contributed by atoms with E-state index in [4.69, 9.17) is 4.74 Å². The second-order valence-corrected chi connectivity index (χ2v) is 5.35. The quantitative estimate of drug-likeness (QED) is 0.825. The summed E-state index contributed by atoms with van der Waals surface area (Å²) in [5.74, 6) is 0.212. The predicted octanol–water partition coefficient (Wildman–Crippen LogP) is 0.0974. The maximum absolute atomic E-state index is 12.1. The van der Waals surface area contributed by atoms with Crippen LogP contribution in [0.15, 0.2) is 21.9 Å². The van der Waals surface area contributed by atoms with E-state index >= 15 is 0 Å². The Balaban J connectivity index is 2.41. The van der Waals surface area contributed by atoms with E-state index in [1.54, 1.807) is 6.92 Å². The first kappa shape index (κ1) is 14.0. The Kier molecular flexibility index (Phi) is 3.64. The van der Waals surface area contributed by atoms with Crippen molar-refractivity contribution in [2.45, 2.75) is 39.2 Å². The van der Waals surface area contributed by atoms with E-state index in [-0.39, 0.29) is 23.5 Å². The Hall–Kier alpha value is -1.40. The summed E-state index contributed by atoms with van der Waals surface area (Å²) < 4.78 is 8.28. The zero-order chi connectivity index (χ0) is 14.3. The minimum Gasteiger partial charge on any atom is -0.391 e. The van der Waals surface area contributed by atoms with Crippen LogP contribution < -0.4 is 11.2 Å². The molecule has 1 fully saturated rings. The van der Waals surface area contributed by atoms with Gasteiger partial charge in [-0.25, -0.2) is 4.79 Å². The third-order valence-corrected chi connectivity index (χ3v) is 4.06. The molecule has 6 nitrogen and oxygen atoms in total. The fourth-order valence-corrected chi connectivity index (χ4v) is 2.62. The Morgan fingerprint density at radius 3 is 2.47 bits per heavy atom. The lowest BCUT2D eigenvalue weighted by Crippen LogP contribution is -2.39. The van der Waals surface area contributed by atoms with Crippen LogP contribution in [0.3, 0.4) is 0 Å². The summed E-state index contributed by atoms with van der Waals surface area (Å²) in [7, 11) is 1.44. The summed E-state index contributed by atoms with van der Waals surface area (Å²) in [6, 6.07) is 1.35. The van der Waals surface area contributed by atoms with Gasteiger partial charge in [-0.1, -0.05) is 13.8 Å². The number of hydrogen-bond donors (Lipinski definition) is 1. The molecule has 0 bridgehead atoms. The van der Waals surface area contributed by atoms with Crippen LogP contribution in [0.4, 0.5) is 0 Å². The van der Waals surface area contributed by atoms with Crippen molar-refractivity contribution in [3.8, 4) is 0 Å². The van der Waals surface area contributed by atoms with Crippen LogP contribution in [-0.2, 0) is 11.8 Å². The zero-order valence-electron chi connectivity index (χ0n) is 11.6. The molecule has 2 heterocycles. The zero-order valence-corrected chi connectivity index (χ0v) is 11.6. The van der Waals surface area contributed by atoms with Gasteiger partial charge in [-0.2, -0.15) is 0 Å². The van der Waals surface area contributed by atoms with Gasteiger partial charge in [0.1, 0.15) is 6.23 Å². The van der Waals surface area contributed by atoms with Gasteiger partial charge in [0.05, 0.1) is 12.2 Å². The van der Waals surface area contributed by atoms with Crippen molar-refractivity contribution in [1.82, 2.24) is 9.13 Å². The average molecular weight is 268 g/mol. The number of rotatable bonds is 2. The van der Waals surface area contributed by atoms with Crippen LogP contribution in [0, 0.1) is 11.8 Å². The third-order valence-electron chi connectivity index (χ3n) is 4.06. The molecule has 1 aromatic heterocycles. The molecule has 5 atom stereocenters. The molecule has 1 saturated heterocycles. The Bertz CT molecular complexity index is 575. The maximum atomic E-state index is 12.1. The normalized spacial score (nSPS) is 32.5. The summed E-state index contributed by atoms with van der Waals surface area (Å²) in [5.41, 5.74) is -0.741. The Morgan fingerprint density at radius 1 is 1.32 bits per heavy atom. The van der Waals surface area contributed by atoms with Crippen molar-refractivity contribution in [2.75, 3.05) is 0 Å². The molecule has 1 aliphatic rings. The van der Waals surface area contributed by atoms with E-state index in [0.717, 1.165) is 4.57 Å². The van der Waals surface area contributed by atoms with E-state index in [9.17, 15) is 14.7 Å². The molecule has 6 heteroatoms. The second kappa shape index (κ2) is 4.94. The molecule has 106 valence electrons. The minimum atomic E-state index is -0.592. The Labute approximate surface area is 111 Å². The van der Waals surface area contributed by atoms with Crippen LogP contribution in [0.5, 0.6) is 0 Å². The van der Waals surface area contributed by atoms with Crippen molar-refractivity contribution in [3.05, 3.63) is 33.1 Å². The van der Waals surface area contributed by atoms with Gasteiger partial charge < -0.3 is 9.84 Å². The number of aliphatic hydroxyl groups is 1. The summed E-state index contributed by atoms with van der Waals surface area (Å²) in [4.78, 5) is 23.5. The first-order valence-electron chi connectivity index (χ1n) is 6.46. The van der Waals surface area contributed by atoms with Crippen LogP contribution in [-0.4, -0.2) is 26.4 Å². The number of ether oxygens (including phenoxy) is 1. The van der Waals surface area contributed by atoms with Crippen LogP contribution in [0.2, 0.25) is 0 Å². The lowest BCUT2D eigenvalue weighted by Gasteiger charge is -2.19. The average Bonchev–Trinajstić information content (AvgIpc) is 2.64. The van der Waals surface area contributed by atoms with Crippen molar-refractivity contribution in [1.29, 1.82) is 0 Å². The number of hydrogen-bond acceptors (Lipinski definition) is 4. The summed E-state index contributed by atoms with van der Waals surface area (Å²) in [5, 5.41) is 9.71. The van der Waals surface area contributed by atoms with Gasteiger partial charge in [-0.05, 0) is 12.8 Å². The van der Waals surface area contributed by atoms with E-state index < -0.39 is 18.0 Å². The van der Waals surface area contributed by atoms with E-state index in [0.29, 0.717) is 0 Å². The molecule has 1 unspecified atom stereocenters. The van der Waals surface area contributed by atoms with E-state index in [1.165, 1.54) is 23.9 Å². The van der Waals surface area contributed by atoms with Gasteiger partial charge >= 0.3 is 5.69 Å². The fraction of sp³-hybridized carbons (Fsp3) is 0.692. The fourth-order valence-electron chi connectivity index (χ4n) is 2.62. The van der Waals surface area contributed by atoms with Crippen molar-refractivity contribution in [3.63, 3.8) is 0 Å². The predicted molar refractivity (Wildman–Crippen MR) is 69.9 cm³/mol. The lowest BCUT2D eigenvalue weighted by molar-refractivity contribution is -0.0665. The second-order valence-electron chi connectivity index (χ2n) is 5.35.